The Morgan fingerprint density at radius 1 is 1.09 bits per heavy atom. The van der Waals surface area contributed by atoms with Crippen LogP contribution in [0.2, 0.25) is 0 Å². The van der Waals surface area contributed by atoms with E-state index in [-0.39, 0.29) is 11.8 Å². The number of nitrogens with one attached hydrogen (secondary N) is 1. The molecule has 2 aromatic carbocycles. The number of carbonyl (C=O) groups is 1. The van der Waals surface area contributed by atoms with Crippen LogP contribution in [0.15, 0.2) is 59.8 Å². The van der Waals surface area contributed by atoms with Gasteiger partial charge in [-0.25, -0.2) is 9.97 Å². The maximum absolute atomic E-state index is 12.7. The second kappa shape index (κ2) is 10.0. The van der Waals surface area contributed by atoms with Crippen molar-refractivity contribution in [3.05, 3.63) is 66.0 Å². The van der Waals surface area contributed by atoms with Crippen molar-refractivity contribution in [3.63, 3.8) is 0 Å². The quantitative estimate of drug-likeness (QED) is 0.505. The second-order valence-corrected chi connectivity index (χ2v) is 8.88. The van der Waals surface area contributed by atoms with Gasteiger partial charge in [0.1, 0.15) is 17.9 Å². The number of piperidine rings is 1. The average molecular weight is 449 g/mol. The second-order valence-electron chi connectivity index (χ2n) is 8.00. The van der Waals surface area contributed by atoms with E-state index in [1.54, 1.807) is 11.8 Å². The van der Waals surface area contributed by atoms with E-state index < -0.39 is 0 Å². The molecule has 0 radical (unpaired) electrons. The van der Waals surface area contributed by atoms with Gasteiger partial charge in [-0.1, -0.05) is 18.2 Å². The molecule has 0 saturated carbocycles. The molecule has 1 amide bonds. The van der Waals surface area contributed by atoms with Crippen LogP contribution >= 0.6 is 11.8 Å². The lowest BCUT2D eigenvalue weighted by Crippen LogP contribution is -2.38. The Kier molecular flexibility index (Phi) is 6.95. The van der Waals surface area contributed by atoms with Gasteiger partial charge in [-0.15, -0.1) is 11.8 Å². The number of ether oxygens (including phenoxy) is 1. The molecule has 1 aliphatic rings. The minimum absolute atomic E-state index is 0.00307. The van der Waals surface area contributed by atoms with Crippen molar-refractivity contribution in [2.45, 2.75) is 31.6 Å². The molecule has 0 aliphatic carbocycles. The lowest BCUT2D eigenvalue weighted by atomic mass is 9.96. The number of hydrogen-bond acceptors (Lipinski definition) is 6. The Hall–Kier alpha value is -3.06. The van der Waals surface area contributed by atoms with Gasteiger partial charge in [0.05, 0.1) is 0 Å². The van der Waals surface area contributed by atoms with Crippen molar-refractivity contribution in [2.24, 2.45) is 5.92 Å². The van der Waals surface area contributed by atoms with Gasteiger partial charge in [0, 0.05) is 35.7 Å². The van der Waals surface area contributed by atoms with Crippen LogP contribution in [0.3, 0.4) is 0 Å². The number of anilines is 2. The Bertz CT molecular complexity index is 1100. The predicted molar refractivity (Wildman–Crippen MR) is 130 cm³/mol. The molecule has 166 valence electrons. The number of hydrogen-bond donors (Lipinski definition) is 1. The molecule has 4 rings (SSSR count). The highest BCUT2D eigenvalue weighted by molar-refractivity contribution is 7.98. The molecule has 1 fully saturated rings. The maximum atomic E-state index is 12.7. The highest BCUT2D eigenvalue weighted by Crippen LogP contribution is 2.29. The van der Waals surface area contributed by atoms with Crippen LogP contribution in [0.25, 0.3) is 0 Å². The molecule has 1 aliphatic heterocycles. The largest absolute Gasteiger partial charge is 0.439 e. The Labute approximate surface area is 193 Å². The van der Waals surface area contributed by atoms with E-state index in [9.17, 15) is 4.79 Å². The first kappa shape index (κ1) is 22.1. The van der Waals surface area contributed by atoms with Crippen LogP contribution < -0.4 is 15.0 Å². The Morgan fingerprint density at radius 3 is 2.66 bits per heavy atom. The molecule has 7 heteroatoms. The highest BCUT2D eigenvalue weighted by atomic mass is 32.2. The molecular formula is C25H28N4O2S. The molecule has 0 unspecified atom stereocenters. The first-order valence-electron chi connectivity index (χ1n) is 10.8. The standard InChI is InChI=1S/C25H28N4O2S/c1-17-6-4-9-22(18(17)2)31-24-15-23(26-16-27-24)29-12-10-19(11-13-29)25(30)28-20-7-5-8-21(14-20)32-3/h4-9,14-16,19H,10-13H2,1-3H3,(H,28,30). The van der Waals surface area contributed by atoms with Crippen molar-refractivity contribution < 1.29 is 9.53 Å². The predicted octanol–water partition coefficient (Wildman–Crippen LogP) is 5.46. The minimum Gasteiger partial charge on any atom is -0.439 e. The Balaban J connectivity index is 1.36. The summed E-state index contributed by atoms with van der Waals surface area (Å²) in [4.78, 5) is 24.8. The fourth-order valence-corrected chi connectivity index (χ4v) is 4.28. The monoisotopic (exact) mass is 448 g/mol. The third-order valence-corrected chi connectivity index (χ3v) is 6.65. The zero-order valence-electron chi connectivity index (χ0n) is 18.7. The van der Waals surface area contributed by atoms with Crippen LogP contribution in [-0.4, -0.2) is 35.2 Å². The molecule has 0 bridgehead atoms. The summed E-state index contributed by atoms with van der Waals surface area (Å²) < 4.78 is 6.02. The van der Waals surface area contributed by atoms with Gasteiger partial charge < -0.3 is 15.0 Å². The van der Waals surface area contributed by atoms with Crippen LogP contribution in [-0.2, 0) is 4.79 Å². The molecule has 2 heterocycles. The smallest absolute Gasteiger partial charge is 0.227 e. The summed E-state index contributed by atoms with van der Waals surface area (Å²) in [6, 6.07) is 15.8. The fraction of sp³-hybridized carbons (Fsp3) is 0.320. The lowest BCUT2D eigenvalue weighted by Gasteiger charge is -2.32. The van der Waals surface area contributed by atoms with Gasteiger partial charge in [0.25, 0.3) is 0 Å². The summed E-state index contributed by atoms with van der Waals surface area (Å²) in [7, 11) is 0. The lowest BCUT2D eigenvalue weighted by molar-refractivity contribution is -0.120. The van der Waals surface area contributed by atoms with E-state index in [1.807, 2.05) is 55.6 Å². The normalized spacial score (nSPS) is 14.3. The van der Waals surface area contributed by atoms with Gasteiger partial charge in [-0.3, -0.25) is 4.79 Å². The van der Waals surface area contributed by atoms with E-state index in [0.29, 0.717) is 5.88 Å². The van der Waals surface area contributed by atoms with E-state index in [4.69, 9.17) is 4.74 Å². The van der Waals surface area contributed by atoms with Crippen LogP contribution in [0.5, 0.6) is 11.6 Å². The third kappa shape index (κ3) is 5.22. The maximum Gasteiger partial charge on any atom is 0.227 e. The molecule has 0 atom stereocenters. The van der Waals surface area contributed by atoms with Crippen LogP contribution in [0.1, 0.15) is 24.0 Å². The van der Waals surface area contributed by atoms with Crippen molar-refractivity contribution in [1.29, 1.82) is 0 Å². The molecular weight excluding hydrogens is 420 g/mol. The van der Waals surface area contributed by atoms with Gasteiger partial charge in [-0.2, -0.15) is 0 Å². The SMILES string of the molecule is CSc1cccc(NC(=O)C2CCN(c3cc(Oc4cccc(C)c4C)ncn3)CC2)c1. The number of rotatable bonds is 6. The summed E-state index contributed by atoms with van der Waals surface area (Å²) in [5.74, 6) is 2.24. The highest BCUT2D eigenvalue weighted by Gasteiger charge is 2.26. The number of aromatic nitrogens is 2. The van der Waals surface area contributed by atoms with Crippen molar-refractivity contribution >= 4 is 29.2 Å². The zero-order chi connectivity index (χ0) is 22.5. The van der Waals surface area contributed by atoms with Gasteiger partial charge >= 0.3 is 0 Å². The van der Waals surface area contributed by atoms with Crippen molar-refractivity contribution in [2.75, 3.05) is 29.6 Å². The van der Waals surface area contributed by atoms with Crippen LogP contribution in [0.4, 0.5) is 11.5 Å². The number of thioether (sulfide) groups is 1. The van der Waals surface area contributed by atoms with E-state index in [0.717, 1.165) is 53.6 Å². The molecule has 0 spiro atoms. The number of carbonyl (C=O) groups excluding carboxylic acids is 1. The molecule has 1 saturated heterocycles. The van der Waals surface area contributed by atoms with Gasteiger partial charge in [-0.05, 0) is 68.3 Å². The molecule has 1 aromatic heterocycles. The fourth-order valence-electron chi connectivity index (χ4n) is 3.82. The topological polar surface area (TPSA) is 67.4 Å². The van der Waals surface area contributed by atoms with Gasteiger partial charge in [0.2, 0.25) is 11.8 Å². The molecule has 32 heavy (non-hydrogen) atoms. The summed E-state index contributed by atoms with van der Waals surface area (Å²) >= 11 is 1.67. The number of amides is 1. The first-order chi connectivity index (χ1) is 15.5. The third-order valence-electron chi connectivity index (χ3n) is 5.92. The van der Waals surface area contributed by atoms with E-state index >= 15 is 0 Å². The van der Waals surface area contributed by atoms with Crippen molar-refractivity contribution in [1.82, 2.24) is 9.97 Å². The number of aryl methyl sites for hydroxylation is 1. The summed E-state index contributed by atoms with van der Waals surface area (Å²) in [6.45, 7) is 5.64. The molecule has 1 N–H and O–H groups in total. The first-order valence-corrected chi connectivity index (χ1v) is 12.0. The molecule has 6 nitrogen and oxygen atoms in total. The number of nitrogens with zero attached hydrogens (tertiary/aromatic N) is 3. The number of benzene rings is 2. The Morgan fingerprint density at radius 2 is 1.88 bits per heavy atom. The van der Waals surface area contributed by atoms with E-state index in [1.165, 1.54) is 11.9 Å². The minimum atomic E-state index is -0.00307. The summed E-state index contributed by atoms with van der Waals surface area (Å²) in [5.41, 5.74) is 3.13. The molecule has 3 aromatic rings. The average Bonchev–Trinajstić information content (AvgIpc) is 2.82. The summed E-state index contributed by atoms with van der Waals surface area (Å²) in [5, 5.41) is 3.07. The van der Waals surface area contributed by atoms with Gasteiger partial charge in [0.15, 0.2) is 0 Å². The zero-order valence-corrected chi connectivity index (χ0v) is 19.5. The van der Waals surface area contributed by atoms with E-state index in [2.05, 4.69) is 33.2 Å². The van der Waals surface area contributed by atoms with Crippen LogP contribution in [0, 0.1) is 19.8 Å². The van der Waals surface area contributed by atoms with Crippen molar-refractivity contribution in [3.8, 4) is 11.6 Å². The summed E-state index contributed by atoms with van der Waals surface area (Å²) in [6.07, 6.45) is 5.13.